The van der Waals surface area contributed by atoms with Crippen LogP contribution in [0.25, 0.3) is 11.1 Å². The highest BCUT2D eigenvalue weighted by molar-refractivity contribution is 5.74. The molecule has 0 aliphatic heterocycles. The predicted octanol–water partition coefficient (Wildman–Crippen LogP) is 5.05. The van der Waals surface area contributed by atoms with E-state index in [2.05, 4.69) is 31.2 Å². The second kappa shape index (κ2) is 8.90. The lowest BCUT2D eigenvalue weighted by molar-refractivity contribution is -0.136. The first-order chi connectivity index (χ1) is 13.1. The zero-order valence-corrected chi connectivity index (χ0v) is 15.5. The molecule has 0 aliphatic rings. The molecule has 0 heterocycles. The van der Waals surface area contributed by atoms with E-state index in [-0.39, 0.29) is 6.61 Å². The van der Waals surface area contributed by atoms with Gasteiger partial charge in [-0.05, 0) is 61.4 Å². The molecule has 0 saturated carbocycles. The maximum Gasteiger partial charge on any atom is 0.349 e. The Hall–Kier alpha value is -3.27. The van der Waals surface area contributed by atoms with Crippen molar-refractivity contribution in [2.75, 3.05) is 13.2 Å². The van der Waals surface area contributed by atoms with Crippen molar-refractivity contribution in [3.05, 3.63) is 78.4 Å². The van der Waals surface area contributed by atoms with E-state index in [0.29, 0.717) is 18.1 Å². The molecule has 0 amide bonds. The molecule has 0 spiro atoms. The van der Waals surface area contributed by atoms with E-state index in [1.165, 1.54) is 5.56 Å². The molecule has 4 nitrogen and oxygen atoms in total. The van der Waals surface area contributed by atoms with Crippen molar-refractivity contribution in [2.45, 2.75) is 13.8 Å². The number of esters is 1. The van der Waals surface area contributed by atoms with E-state index in [1.807, 2.05) is 19.1 Å². The summed E-state index contributed by atoms with van der Waals surface area (Å²) >= 11 is 0. The Morgan fingerprint density at radius 3 is 1.74 bits per heavy atom. The lowest BCUT2D eigenvalue weighted by Gasteiger charge is -2.08. The highest BCUT2D eigenvalue weighted by Crippen LogP contribution is 2.23. The van der Waals surface area contributed by atoms with Crippen LogP contribution in [0.5, 0.6) is 17.2 Å². The second-order valence-corrected chi connectivity index (χ2v) is 6.06. The first-order valence-electron chi connectivity index (χ1n) is 8.87. The average Bonchev–Trinajstić information content (AvgIpc) is 2.69. The molecule has 0 saturated heterocycles. The molecule has 27 heavy (non-hydrogen) atoms. The van der Waals surface area contributed by atoms with E-state index in [0.717, 1.165) is 16.9 Å². The van der Waals surface area contributed by atoms with Crippen LogP contribution in [0.1, 0.15) is 12.5 Å². The second-order valence-electron chi connectivity index (χ2n) is 6.06. The molecule has 3 aromatic rings. The zero-order chi connectivity index (χ0) is 19.1. The number of aryl methyl sites for hydroxylation is 1. The fourth-order valence-electron chi connectivity index (χ4n) is 2.56. The normalized spacial score (nSPS) is 10.3. The molecule has 138 valence electrons. The Morgan fingerprint density at radius 2 is 1.19 bits per heavy atom. The van der Waals surface area contributed by atoms with E-state index < -0.39 is 5.97 Å². The lowest BCUT2D eigenvalue weighted by atomic mass is 10.0. The van der Waals surface area contributed by atoms with Gasteiger partial charge in [0.1, 0.15) is 17.2 Å². The van der Waals surface area contributed by atoms with Crippen LogP contribution >= 0.6 is 0 Å². The van der Waals surface area contributed by atoms with Gasteiger partial charge in [0, 0.05) is 0 Å². The fourth-order valence-corrected chi connectivity index (χ4v) is 2.56. The fraction of sp³-hybridized carbons (Fsp3) is 0.174. The third-order valence-electron chi connectivity index (χ3n) is 3.96. The maximum atomic E-state index is 12.0. The zero-order valence-electron chi connectivity index (χ0n) is 15.5. The van der Waals surface area contributed by atoms with E-state index >= 15 is 0 Å². The van der Waals surface area contributed by atoms with E-state index in [9.17, 15) is 4.79 Å². The van der Waals surface area contributed by atoms with Crippen molar-refractivity contribution in [1.82, 2.24) is 0 Å². The highest BCUT2D eigenvalue weighted by Gasteiger charge is 2.07. The highest BCUT2D eigenvalue weighted by atomic mass is 16.6. The summed E-state index contributed by atoms with van der Waals surface area (Å²) in [7, 11) is 0. The van der Waals surface area contributed by atoms with Gasteiger partial charge in [0.25, 0.3) is 0 Å². The molecule has 0 bridgehead atoms. The van der Waals surface area contributed by atoms with Crippen LogP contribution < -0.4 is 14.2 Å². The van der Waals surface area contributed by atoms with Crippen molar-refractivity contribution in [3.8, 4) is 28.4 Å². The van der Waals surface area contributed by atoms with Crippen molar-refractivity contribution < 1.29 is 19.0 Å². The molecule has 0 aliphatic carbocycles. The van der Waals surface area contributed by atoms with E-state index in [4.69, 9.17) is 14.2 Å². The summed E-state index contributed by atoms with van der Waals surface area (Å²) in [4.78, 5) is 12.0. The maximum absolute atomic E-state index is 12.0. The number of hydrogen-bond acceptors (Lipinski definition) is 4. The van der Waals surface area contributed by atoms with Gasteiger partial charge in [0.05, 0.1) is 6.61 Å². The van der Waals surface area contributed by atoms with E-state index in [1.54, 1.807) is 36.4 Å². The summed E-state index contributed by atoms with van der Waals surface area (Å²) in [6, 6.07) is 22.8. The molecular weight excluding hydrogens is 340 g/mol. The topological polar surface area (TPSA) is 44.8 Å². The Balaban J connectivity index is 1.52. The first kappa shape index (κ1) is 18.5. The number of rotatable bonds is 7. The molecule has 3 rings (SSSR count). The quantitative estimate of drug-likeness (QED) is 0.436. The summed E-state index contributed by atoms with van der Waals surface area (Å²) < 4.78 is 16.1. The van der Waals surface area contributed by atoms with Gasteiger partial charge in [-0.25, -0.2) is 4.79 Å². The summed E-state index contributed by atoms with van der Waals surface area (Å²) in [6.07, 6.45) is 0. The van der Waals surface area contributed by atoms with Crippen LogP contribution in [-0.2, 0) is 4.79 Å². The summed E-state index contributed by atoms with van der Waals surface area (Å²) in [5.41, 5.74) is 3.41. The lowest BCUT2D eigenvalue weighted by Crippen LogP contribution is -2.17. The van der Waals surface area contributed by atoms with Crippen molar-refractivity contribution >= 4 is 5.97 Å². The Bertz CT molecular complexity index is 866. The number of benzene rings is 3. The van der Waals surface area contributed by atoms with Crippen LogP contribution in [-0.4, -0.2) is 19.2 Å². The standard InChI is InChI=1S/C23H22O4/c1-3-25-20-12-14-21(15-13-20)26-16-23(24)27-22-10-8-19(9-11-22)18-6-4-17(2)5-7-18/h4-15H,3,16H2,1-2H3. The molecule has 0 aromatic heterocycles. The first-order valence-corrected chi connectivity index (χ1v) is 8.87. The van der Waals surface area contributed by atoms with Crippen molar-refractivity contribution in [3.63, 3.8) is 0 Å². The molecule has 4 heteroatoms. The predicted molar refractivity (Wildman–Crippen MR) is 105 cm³/mol. The van der Waals surface area contributed by atoms with Crippen molar-refractivity contribution in [1.29, 1.82) is 0 Å². The third kappa shape index (κ3) is 5.35. The van der Waals surface area contributed by atoms with Gasteiger partial charge >= 0.3 is 5.97 Å². The molecule has 0 atom stereocenters. The number of carbonyl (C=O) groups excluding carboxylic acids is 1. The number of hydrogen-bond donors (Lipinski definition) is 0. The molecule has 0 unspecified atom stereocenters. The molecule has 3 aromatic carbocycles. The van der Waals surface area contributed by atoms with Gasteiger partial charge in [-0.15, -0.1) is 0 Å². The van der Waals surface area contributed by atoms with Gasteiger partial charge in [0.2, 0.25) is 0 Å². The molecule has 0 N–H and O–H groups in total. The number of ether oxygens (including phenoxy) is 3. The van der Waals surface area contributed by atoms with Gasteiger partial charge in [-0.1, -0.05) is 42.0 Å². The molecule has 0 radical (unpaired) electrons. The largest absolute Gasteiger partial charge is 0.494 e. The van der Waals surface area contributed by atoms with Gasteiger partial charge < -0.3 is 14.2 Å². The summed E-state index contributed by atoms with van der Waals surface area (Å²) in [5, 5.41) is 0. The van der Waals surface area contributed by atoms with Crippen LogP contribution in [0.4, 0.5) is 0 Å². The van der Waals surface area contributed by atoms with Crippen molar-refractivity contribution in [2.24, 2.45) is 0 Å². The summed E-state index contributed by atoms with van der Waals surface area (Å²) in [6.45, 7) is 4.43. The van der Waals surface area contributed by atoms with Gasteiger partial charge in [-0.3, -0.25) is 0 Å². The SMILES string of the molecule is CCOc1ccc(OCC(=O)Oc2ccc(-c3ccc(C)cc3)cc2)cc1. The monoisotopic (exact) mass is 362 g/mol. The van der Waals surface area contributed by atoms with Gasteiger partial charge in [0.15, 0.2) is 6.61 Å². The Labute approximate surface area is 159 Å². The minimum Gasteiger partial charge on any atom is -0.494 e. The minimum absolute atomic E-state index is 0.159. The average molecular weight is 362 g/mol. The third-order valence-corrected chi connectivity index (χ3v) is 3.96. The van der Waals surface area contributed by atoms with Crippen LogP contribution in [0, 0.1) is 6.92 Å². The van der Waals surface area contributed by atoms with Crippen LogP contribution in [0.15, 0.2) is 72.8 Å². The smallest absolute Gasteiger partial charge is 0.349 e. The summed E-state index contributed by atoms with van der Waals surface area (Å²) in [5.74, 6) is 1.39. The van der Waals surface area contributed by atoms with Crippen LogP contribution in [0.2, 0.25) is 0 Å². The Kier molecular flexibility index (Phi) is 6.10. The number of carbonyl (C=O) groups is 1. The molecule has 0 fully saturated rings. The Morgan fingerprint density at radius 1 is 0.704 bits per heavy atom. The molecular formula is C23H22O4. The minimum atomic E-state index is -0.452. The van der Waals surface area contributed by atoms with Crippen LogP contribution in [0.3, 0.4) is 0 Å². The van der Waals surface area contributed by atoms with Gasteiger partial charge in [-0.2, -0.15) is 0 Å².